The van der Waals surface area contributed by atoms with Crippen LogP contribution in [0.15, 0.2) is 200 Å². The molecular weight excluding hydrogens is 1060 g/mol. The van der Waals surface area contributed by atoms with E-state index in [9.17, 15) is 25.6 Å². The molecule has 9 aromatic rings. The number of nitrogens with zero attached hydrogens (tertiary/aromatic N) is 7. The molecule has 0 aliphatic carbocycles. The number of nitro benzene ring substituents is 1. The van der Waals surface area contributed by atoms with Crippen molar-refractivity contribution < 1.29 is 24.6 Å². The number of aromatic hydroxyl groups is 2. The molecule has 0 fully saturated rings. The van der Waals surface area contributed by atoms with Crippen LogP contribution >= 0.6 is 0 Å². The van der Waals surface area contributed by atoms with Crippen LogP contribution in [0, 0.1) is 59.1 Å². The summed E-state index contributed by atoms with van der Waals surface area (Å²) in [4.78, 5) is 22.6. The van der Waals surface area contributed by atoms with Crippen molar-refractivity contribution >= 4 is 28.4 Å². The van der Waals surface area contributed by atoms with E-state index in [1.807, 2.05) is 72.8 Å². The van der Waals surface area contributed by atoms with Gasteiger partial charge in [0.25, 0.3) is 5.69 Å². The van der Waals surface area contributed by atoms with Crippen LogP contribution in [0.3, 0.4) is 0 Å². The fourth-order valence-corrected chi connectivity index (χ4v) is 9.52. The highest BCUT2D eigenvalue weighted by atomic mass is 16.6. The van der Waals surface area contributed by atoms with Gasteiger partial charge in [0.05, 0.1) is 42.3 Å². The summed E-state index contributed by atoms with van der Waals surface area (Å²) in [7, 11) is 0. The molecule has 0 spiro atoms. The molecule has 85 heavy (non-hydrogen) atoms. The number of ether oxygens (including phenoxy) is 2. The molecule has 0 amide bonds. The van der Waals surface area contributed by atoms with E-state index in [4.69, 9.17) is 41.0 Å². The Bertz CT molecular complexity index is 3920. The van der Waals surface area contributed by atoms with Crippen LogP contribution in [-0.4, -0.2) is 15.1 Å². The summed E-state index contributed by atoms with van der Waals surface area (Å²) in [5.74, 6) is 2.90. The Morgan fingerprint density at radius 3 is 0.965 bits per heavy atom. The minimum Gasteiger partial charge on any atom is -0.508 e. The molecule has 0 saturated heterocycles. The highest BCUT2D eigenvalue weighted by molar-refractivity contribution is 5.74. The summed E-state index contributed by atoms with van der Waals surface area (Å²) in [6.45, 7) is 45.4. The van der Waals surface area contributed by atoms with Crippen LogP contribution in [-0.2, 0) is 21.7 Å². The molecule has 9 rings (SSSR count). The van der Waals surface area contributed by atoms with Gasteiger partial charge in [0.2, 0.25) is 5.69 Å². The van der Waals surface area contributed by atoms with Gasteiger partial charge in [0.15, 0.2) is 17.1 Å². The van der Waals surface area contributed by atoms with Crippen LogP contribution in [0.1, 0.15) is 111 Å². The SMILES string of the molecule is CC(C)(c1ccc(O)cc1)c1ccc(C(C)(C)c2ccc(O)cc2)cc1.[C-]#[N+]c1ccc(Oc2ccc(C(C)(C)c3ccc(C(C)(C)c4ccc(Oc5ccc(C#N)c(C#N)c5)cc4)cc3)cc2)cc1[N+]#[C-].[C-]#[N+]c1ccc([N+](=O)[O-])cc1[N+]#[C-]. The Balaban J connectivity index is 0.000000220. The van der Waals surface area contributed by atoms with Gasteiger partial charge in [-0.2, -0.15) is 10.5 Å². The summed E-state index contributed by atoms with van der Waals surface area (Å²) in [6, 6.07) is 65.6. The van der Waals surface area contributed by atoms with Crippen molar-refractivity contribution in [2.75, 3.05) is 0 Å². The molecular formula is C72H59N7O6. The first-order valence-corrected chi connectivity index (χ1v) is 26.7. The molecule has 13 heteroatoms. The van der Waals surface area contributed by atoms with Gasteiger partial charge >= 0.3 is 0 Å². The molecule has 0 unspecified atom stereocenters. The number of hydrogen-bond donors (Lipinski definition) is 2. The number of benzene rings is 9. The Labute approximate surface area is 496 Å². The lowest BCUT2D eigenvalue weighted by molar-refractivity contribution is -0.384. The van der Waals surface area contributed by atoms with Gasteiger partial charge in [-0.05, 0) is 123 Å². The Kier molecular flexibility index (Phi) is 18.7. The quantitative estimate of drug-likeness (QED) is 0.0654. The second-order valence-electron chi connectivity index (χ2n) is 22.0. The standard InChI is InChI=1S/C40H30N4O2.C24H26O2.C8H3N3O2/c1-39(2,31-12-17-33(18-13-31)45-35-16-7-27(25-41)28(23-35)26-42)29-8-10-30(11-9-29)40(3,4)32-14-19-34(20-15-32)46-36-21-22-37(43-5)38(24-36)44-6;1-23(2,19-9-13-21(25)14-10-19)17-5-7-18(8-6-17)24(3,4)20-11-15-22(26)16-12-20;1-9-7-4-3-6(11(12)13)5-8(7)10-2/h7-24H,1-4H3;5-16,25-26H,1-4H3;3-5H. The normalized spacial score (nSPS) is 10.9. The largest absolute Gasteiger partial charge is 0.508 e. The summed E-state index contributed by atoms with van der Waals surface area (Å²) in [6.07, 6.45) is 0. The topological polar surface area (TPSA) is 167 Å². The van der Waals surface area contributed by atoms with Crippen LogP contribution in [0.4, 0.5) is 28.4 Å². The fourth-order valence-electron chi connectivity index (χ4n) is 9.52. The van der Waals surface area contributed by atoms with Crippen molar-refractivity contribution in [2.45, 2.75) is 77.0 Å². The fraction of sp³-hybridized carbons (Fsp3) is 0.167. The van der Waals surface area contributed by atoms with Crippen LogP contribution < -0.4 is 9.47 Å². The van der Waals surface area contributed by atoms with Gasteiger partial charge in [-0.3, -0.25) is 19.8 Å². The maximum atomic E-state index is 10.3. The second kappa shape index (κ2) is 26.0. The number of hydrogen-bond acceptors (Lipinski definition) is 8. The van der Waals surface area contributed by atoms with Gasteiger partial charge in [-0.1, -0.05) is 165 Å². The van der Waals surface area contributed by atoms with E-state index in [1.165, 1.54) is 45.5 Å². The molecule has 0 aliphatic rings. The first kappa shape index (κ1) is 61.1. The predicted octanol–water partition coefficient (Wildman–Crippen LogP) is 19.2. The number of non-ortho nitro benzene ring substituents is 1. The van der Waals surface area contributed by atoms with Crippen molar-refractivity contribution in [1.82, 2.24) is 0 Å². The summed E-state index contributed by atoms with van der Waals surface area (Å²) >= 11 is 0. The summed E-state index contributed by atoms with van der Waals surface area (Å²) in [5, 5.41) is 47.8. The molecule has 0 atom stereocenters. The number of phenols is 2. The Hall–Kier alpha value is -11.5. The number of nitriles is 2. The van der Waals surface area contributed by atoms with Crippen molar-refractivity contribution in [3.8, 4) is 46.6 Å². The third-order valence-electron chi connectivity index (χ3n) is 15.3. The van der Waals surface area contributed by atoms with E-state index in [0.717, 1.165) is 17.2 Å². The molecule has 0 heterocycles. The van der Waals surface area contributed by atoms with E-state index in [-0.39, 0.29) is 61.5 Å². The average molecular weight is 1120 g/mol. The lowest BCUT2D eigenvalue weighted by Crippen LogP contribution is -2.21. The zero-order chi connectivity index (χ0) is 61.7. The van der Waals surface area contributed by atoms with E-state index >= 15 is 0 Å². The molecule has 9 aromatic carbocycles. The maximum Gasteiger partial charge on any atom is 0.256 e. The maximum absolute atomic E-state index is 10.3. The van der Waals surface area contributed by atoms with E-state index in [2.05, 4.69) is 135 Å². The molecule has 2 N–H and O–H groups in total. The first-order chi connectivity index (χ1) is 40.5. The predicted molar refractivity (Wildman–Crippen MR) is 331 cm³/mol. The van der Waals surface area contributed by atoms with Gasteiger partial charge in [-0.15, -0.1) is 0 Å². The van der Waals surface area contributed by atoms with Crippen molar-refractivity contribution in [3.63, 3.8) is 0 Å². The molecule has 0 aliphatic heterocycles. The zero-order valence-corrected chi connectivity index (χ0v) is 48.2. The van der Waals surface area contributed by atoms with Crippen LogP contribution in [0.25, 0.3) is 19.4 Å². The number of phenolic OH excluding ortho intramolecular Hbond substituents is 2. The Morgan fingerprint density at radius 1 is 0.376 bits per heavy atom. The molecule has 418 valence electrons. The molecule has 0 radical (unpaired) electrons. The van der Waals surface area contributed by atoms with E-state index < -0.39 is 4.92 Å². The molecule has 13 nitrogen and oxygen atoms in total. The highest BCUT2D eigenvalue weighted by Gasteiger charge is 2.29. The Morgan fingerprint density at radius 2 is 0.647 bits per heavy atom. The van der Waals surface area contributed by atoms with Crippen molar-refractivity contribution in [1.29, 1.82) is 10.5 Å². The van der Waals surface area contributed by atoms with Crippen LogP contribution in [0.5, 0.6) is 34.5 Å². The minimum absolute atomic E-state index is 0.0178. The van der Waals surface area contributed by atoms with Gasteiger partial charge in [-0.25, -0.2) is 9.69 Å². The molecule has 0 aromatic heterocycles. The first-order valence-electron chi connectivity index (χ1n) is 26.7. The molecule has 0 saturated carbocycles. The van der Waals surface area contributed by atoms with E-state index in [1.54, 1.807) is 60.7 Å². The lowest BCUT2D eigenvalue weighted by atomic mass is 9.74. The monoisotopic (exact) mass is 1120 g/mol. The average Bonchev–Trinajstić information content (AvgIpc) is 3.72. The second-order valence-corrected chi connectivity index (χ2v) is 22.0. The summed E-state index contributed by atoms with van der Waals surface area (Å²) < 4.78 is 11.9. The van der Waals surface area contributed by atoms with Gasteiger partial charge in [0.1, 0.15) is 46.6 Å². The van der Waals surface area contributed by atoms with Gasteiger partial charge in [0, 0.05) is 33.8 Å². The zero-order valence-electron chi connectivity index (χ0n) is 48.2. The van der Waals surface area contributed by atoms with Gasteiger partial charge < -0.3 is 19.7 Å². The van der Waals surface area contributed by atoms with Crippen LogP contribution in [0.2, 0.25) is 0 Å². The summed E-state index contributed by atoms with van der Waals surface area (Å²) in [5.41, 5.74) is 9.80. The lowest BCUT2D eigenvalue weighted by Gasteiger charge is -2.29. The third-order valence-corrected chi connectivity index (χ3v) is 15.3. The number of nitro groups is 1. The minimum atomic E-state index is -0.595. The highest BCUT2D eigenvalue weighted by Crippen LogP contribution is 2.41. The van der Waals surface area contributed by atoms with E-state index in [0.29, 0.717) is 34.2 Å². The molecule has 0 bridgehead atoms. The third kappa shape index (κ3) is 14.2. The number of rotatable bonds is 13. The van der Waals surface area contributed by atoms with Crippen molar-refractivity contribution in [2.24, 2.45) is 0 Å². The van der Waals surface area contributed by atoms with Crippen molar-refractivity contribution in [3.05, 3.63) is 312 Å². The smallest absolute Gasteiger partial charge is 0.256 e.